The van der Waals surface area contributed by atoms with Gasteiger partial charge in [0.05, 0.1) is 0 Å². The zero-order valence-corrected chi connectivity index (χ0v) is 11.8. The molecule has 1 aromatic carbocycles. The van der Waals surface area contributed by atoms with Crippen LogP contribution in [0.2, 0.25) is 0 Å². The molecule has 1 saturated heterocycles. The van der Waals surface area contributed by atoms with Gasteiger partial charge in [0.1, 0.15) is 5.75 Å². The highest BCUT2D eigenvalue weighted by atomic mass is 16.5. The molecule has 2 rings (SSSR count). The van der Waals surface area contributed by atoms with E-state index in [1.165, 1.54) is 0 Å². The van der Waals surface area contributed by atoms with E-state index in [1.807, 2.05) is 6.92 Å². The summed E-state index contributed by atoms with van der Waals surface area (Å²) in [6.45, 7) is 3.63. The number of hydrogen-bond donors (Lipinski definition) is 2. The Morgan fingerprint density at radius 1 is 1.40 bits per heavy atom. The molecule has 0 bridgehead atoms. The van der Waals surface area contributed by atoms with Crippen LogP contribution in [0.3, 0.4) is 0 Å². The van der Waals surface area contributed by atoms with E-state index in [9.17, 15) is 4.79 Å². The van der Waals surface area contributed by atoms with Crippen LogP contribution in [0.5, 0.6) is 5.75 Å². The zero-order valence-electron chi connectivity index (χ0n) is 11.8. The van der Waals surface area contributed by atoms with Crippen LogP contribution in [0.25, 0.3) is 0 Å². The molecule has 1 aromatic rings. The standard InChI is InChI=1S/C15H22N2O3/c1-11(12-6-8-19-9-7-12)17-15(18)10-20-14-4-2-13(16)3-5-14/h2-5,11-12H,6-10,16H2,1H3,(H,17,18). The third kappa shape index (κ3) is 4.42. The number of anilines is 1. The van der Waals surface area contributed by atoms with Crippen LogP contribution in [0, 0.1) is 5.92 Å². The highest BCUT2D eigenvalue weighted by Gasteiger charge is 2.21. The van der Waals surface area contributed by atoms with Crippen LogP contribution in [0.1, 0.15) is 19.8 Å². The molecule has 3 N–H and O–H groups in total. The van der Waals surface area contributed by atoms with Crippen LogP contribution in [0.4, 0.5) is 5.69 Å². The van der Waals surface area contributed by atoms with E-state index in [1.54, 1.807) is 24.3 Å². The maximum atomic E-state index is 11.8. The average Bonchev–Trinajstić information content (AvgIpc) is 2.47. The molecular weight excluding hydrogens is 256 g/mol. The van der Waals surface area contributed by atoms with Gasteiger partial charge in [0, 0.05) is 24.9 Å². The largest absolute Gasteiger partial charge is 0.484 e. The van der Waals surface area contributed by atoms with Crippen molar-refractivity contribution in [3.8, 4) is 5.75 Å². The van der Waals surface area contributed by atoms with Gasteiger partial charge in [-0.3, -0.25) is 4.79 Å². The van der Waals surface area contributed by atoms with Crippen molar-refractivity contribution in [3.05, 3.63) is 24.3 Å². The van der Waals surface area contributed by atoms with E-state index in [-0.39, 0.29) is 18.6 Å². The molecule has 1 unspecified atom stereocenters. The fourth-order valence-corrected chi connectivity index (χ4v) is 2.34. The Hall–Kier alpha value is -1.75. The summed E-state index contributed by atoms with van der Waals surface area (Å²) in [6.07, 6.45) is 2.00. The summed E-state index contributed by atoms with van der Waals surface area (Å²) in [5.74, 6) is 1.04. The summed E-state index contributed by atoms with van der Waals surface area (Å²) in [6, 6.07) is 7.16. The highest BCUT2D eigenvalue weighted by molar-refractivity contribution is 5.77. The van der Waals surface area contributed by atoms with Gasteiger partial charge in [-0.25, -0.2) is 0 Å². The molecule has 20 heavy (non-hydrogen) atoms. The molecule has 1 fully saturated rings. The van der Waals surface area contributed by atoms with E-state index in [2.05, 4.69) is 5.32 Å². The SMILES string of the molecule is CC(NC(=O)COc1ccc(N)cc1)C1CCOCC1. The first-order valence-electron chi connectivity index (χ1n) is 7.00. The lowest BCUT2D eigenvalue weighted by molar-refractivity contribution is -0.124. The molecule has 0 aromatic heterocycles. The van der Waals surface area contributed by atoms with Crippen LogP contribution in [0.15, 0.2) is 24.3 Å². The number of nitrogen functional groups attached to an aromatic ring is 1. The Labute approximate surface area is 119 Å². The van der Waals surface area contributed by atoms with Crippen molar-refractivity contribution < 1.29 is 14.3 Å². The lowest BCUT2D eigenvalue weighted by Crippen LogP contribution is -2.42. The monoisotopic (exact) mass is 278 g/mol. The van der Waals surface area contributed by atoms with E-state index < -0.39 is 0 Å². The van der Waals surface area contributed by atoms with Crippen molar-refractivity contribution in [2.24, 2.45) is 5.92 Å². The molecule has 0 aliphatic carbocycles. The molecule has 0 spiro atoms. The molecule has 1 heterocycles. The summed E-state index contributed by atoms with van der Waals surface area (Å²) in [4.78, 5) is 11.8. The van der Waals surface area contributed by atoms with Crippen LogP contribution >= 0.6 is 0 Å². The Balaban J connectivity index is 1.73. The number of carbonyl (C=O) groups excluding carboxylic acids is 1. The number of rotatable bonds is 5. The first-order valence-corrected chi connectivity index (χ1v) is 7.00. The summed E-state index contributed by atoms with van der Waals surface area (Å²) in [7, 11) is 0. The van der Waals surface area contributed by atoms with Gasteiger partial charge >= 0.3 is 0 Å². The molecule has 0 saturated carbocycles. The fraction of sp³-hybridized carbons (Fsp3) is 0.533. The van der Waals surface area contributed by atoms with E-state index >= 15 is 0 Å². The third-order valence-electron chi connectivity index (χ3n) is 3.61. The average molecular weight is 278 g/mol. The fourth-order valence-electron chi connectivity index (χ4n) is 2.34. The quantitative estimate of drug-likeness (QED) is 0.802. The zero-order chi connectivity index (χ0) is 14.4. The Kier molecular flexibility index (Phi) is 5.24. The van der Waals surface area contributed by atoms with E-state index in [0.717, 1.165) is 26.1 Å². The number of ether oxygens (including phenoxy) is 2. The molecule has 1 aliphatic rings. The van der Waals surface area contributed by atoms with Crippen molar-refractivity contribution in [2.45, 2.75) is 25.8 Å². The van der Waals surface area contributed by atoms with Gasteiger partial charge in [0.15, 0.2) is 6.61 Å². The van der Waals surface area contributed by atoms with Gasteiger partial charge in [0.2, 0.25) is 0 Å². The van der Waals surface area contributed by atoms with Crippen molar-refractivity contribution in [1.82, 2.24) is 5.32 Å². The third-order valence-corrected chi connectivity index (χ3v) is 3.61. The van der Waals surface area contributed by atoms with Gasteiger partial charge in [-0.2, -0.15) is 0 Å². The van der Waals surface area contributed by atoms with Crippen LogP contribution < -0.4 is 15.8 Å². The van der Waals surface area contributed by atoms with E-state index in [4.69, 9.17) is 15.2 Å². The molecule has 110 valence electrons. The second-order valence-corrected chi connectivity index (χ2v) is 5.16. The second-order valence-electron chi connectivity index (χ2n) is 5.16. The topological polar surface area (TPSA) is 73.6 Å². The smallest absolute Gasteiger partial charge is 0.258 e. The number of nitrogens with one attached hydrogen (secondary N) is 1. The van der Waals surface area contributed by atoms with Crippen molar-refractivity contribution >= 4 is 11.6 Å². The van der Waals surface area contributed by atoms with E-state index in [0.29, 0.717) is 17.4 Å². The molecular formula is C15H22N2O3. The molecule has 1 amide bonds. The van der Waals surface area contributed by atoms with Crippen LogP contribution in [-0.4, -0.2) is 31.8 Å². The van der Waals surface area contributed by atoms with Crippen molar-refractivity contribution in [1.29, 1.82) is 0 Å². The first-order chi connectivity index (χ1) is 9.65. The van der Waals surface area contributed by atoms with Gasteiger partial charge in [-0.1, -0.05) is 0 Å². The minimum Gasteiger partial charge on any atom is -0.484 e. The molecule has 5 heteroatoms. The molecule has 1 atom stereocenters. The minimum absolute atomic E-state index is 0.0253. The predicted octanol–water partition coefficient (Wildman–Crippen LogP) is 1.58. The maximum Gasteiger partial charge on any atom is 0.258 e. The summed E-state index contributed by atoms with van der Waals surface area (Å²) < 4.78 is 10.7. The Bertz CT molecular complexity index is 427. The summed E-state index contributed by atoms with van der Waals surface area (Å²) in [5.41, 5.74) is 6.26. The lowest BCUT2D eigenvalue weighted by atomic mass is 9.93. The number of amides is 1. The van der Waals surface area contributed by atoms with Gasteiger partial charge in [0.25, 0.3) is 5.91 Å². The minimum atomic E-state index is -0.0965. The normalized spacial score (nSPS) is 17.4. The Morgan fingerprint density at radius 3 is 2.70 bits per heavy atom. The maximum absolute atomic E-state index is 11.8. The predicted molar refractivity (Wildman–Crippen MR) is 77.5 cm³/mol. The van der Waals surface area contributed by atoms with Crippen LogP contribution in [-0.2, 0) is 9.53 Å². The summed E-state index contributed by atoms with van der Waals surface area (Å²) >= 11 is 0. The number of hydrogen-bond acceptors (Lipinski definition) is 4. The van der Waals surface area contributed by atoms with Gasteiger partial charge in [-0.05, 0) is 49.9 Å². The Morgan fingerprint density at radius 2 is 2.05 bits per heavy atom. The van der Waals surface area contributed by atoms with Gasteiger partial charge in [-0.15, -0.1) is 0 Å². The van der Waals surface area contributed by atoms with Gasteiger partial charge < -0.3 is 20.5 Å². The second kappa shape index (κ2) is 7.14. The molecule has 5 nitrogen and oxygen atoms in total. The number of benzene rings is 1. The molecule has 0 radical (unpaired) electrons. The lowest BCUT2D eigenvalue weighted by Gasteiger charge is -2.28. The molecule has 1 aliphatic heterocycles. The number of nitrogens with two attached hydrogens (primary N) is 1. The highest BCUT2D eigenvalue weighted by Crippen LogP contribution is 2.18. The summed E-state index contributed by atoms with van der Waals surface area (Å²) in [5, 5.41) is 2.99. The van der Waals surface area contributed by atoms with Crippen molar-refractivity contribution in [2.75, 3.05) is 25.6 Å². The first kappa shape index (κ1) is 14.7. The van der Waals surface area contributed by atoms with Crippen molar-refractivity contribution in [3.63, 3.8) is 0 Å². The number of carbonyl (C=O) groups is 1.